The third-order valence-corrected chi connectivity index (χ3v) is 3.86. The Hall–Kier alpha value is -0.910. The lowest BCUT2D eigenvalue weighted by molar-refractivity contribution is 0.0697. The van der Waals surface area contributed by atoms with Crippen LogP contribution in [0.1, 0.15) is 35.5 Å². The summed E-state index contributed by atoms with van der Waals surface area (Å²) in [5, 5.41) is 13.8. The van der Waals surface area contributed by atoms with Crippen LogP contribution in [0.4, 0.5) is 0 Å². The Kier molecular flexibility index (Phi) is 6.93. The molecule has 0 saturated carbocycles. The van der Waals surface area contributed by atoms with Gasteiger partial charge in [-0.3, -0.25) is 0 Å². The van der Waals surface area contributed by atoms with Crippen molar-refractivity contribution in [2.75, 3.05) is 26.2 Å². The van der Waals surface area contributed by atoms with Crippen LogP contribution in [0.5, 0.6) is 0 Å². The molecule has 1 aromatic heterocycles. The van der Waals surface area contributed by atoms with Crippen LogP contribution in [0, 0.1) is 0 Å². The van der Waals surface area contributed by atoms with Crippen molar-refractivity contribution in [1.29, 1.82) is 0 Å². The van der Waals surface area contributed by atoms with Crippen LogP contribution < -0.4 is 5.32 Å². The van der Waals surface area contributed by atoms with Crippen LogP contribution in [0.15, 0.2) is 11.4 Å². The summed E-state index contributed by atoms with van der Waals surface area (Å²) in [5.74, 6) is -0.848. The maximum Gasteiger partial charge on any atom is 0.336 e. The van der Waals surface area contributed by atoms with Gasteiger partial charge in [0.15, 0.2) is 0 Å². The topological polar surface area (TPSA) is 52.6 Å². The molecular formula is C13H22N2O2S. The molecule has 0 bridgehead atoms. The molecule has 0 fully saturated rings. The lowest BCUT2D eigenvalue weighted by Gasteiger charge is -2.17. The molecule has 5 heteroatoms. The van der Waals surface area contributed by atoms with E-state index in [0.717, 1.165) is 44.0 Å². The van der Waals surface area contributed by atoms with Gasteiger partial charge in [0, 0.05) is 16.8 Å². The minimum absolute atomic E-state index is 0.389. The number of carbonyl (C=O) groups is 1. The van der Waals surface area contributed by atoms with E-state index in [1.54, 1.807) is 11.4 Å². The van der Waals surface area contributed by atoms with Gasteiger partial charge in [0.1, 0.15) is 0 Å². The average molecular weight is 270 g/mol. The highest BCUT2D eigenvalue weighted by Crippen LogP contribution is 2.14. The van der Waals surface area contributed by atoms with Crippen molar-refractivity contribution in [3.8, 4) is 0 Å². The summed E-state index contributed by atoms with van der Waals surface area (Å²) in [4.78, 5) is 14.2. The number of hydrogen-bond acceptors (Lipinski definition) is 4. The molecule has 1 heterocycles. The molecule has 1 rings (SSSR count). The fourth-order valence-corrected chi connectivity index (χ4v) is 2.59. The Morgan fingerprint density at radius 2 is 2.17 bits per heavy atom. The minimum Gasteiger partial charge on any atom is -0.478 e. The molecule has 0 amide bonds. The van der Waals surface area contributed by atoms with Crippen molar-refractivity contribution in [3.05, 3.63) is 21.9 Å². The summed E-state index contributed by atoms with van der Waals surface area (Å²) >= 11 is 1.50. The molecule has 2 N–H and O–H groups in total. The van der Waals surface area contributed by atoms with Crippen molar-refractivity contribution in [3.63, 3.8) is 0 Å². The molecule has 0 aliphatic rings. The van der Waals surface area contributed by atoms with Gasteiger partial charge < -0.3 is 15.3 Å². The van der Waals surface area contributed by atoms with E-state index in [-0.39, 0.29) is 0 Å². The van der Waals surface area contributed by atoms with E-state index in [0.29, 0.717) is 5.56 Å². The van der Waals surface area contributed by atoms with Gasteiger partial charge in [-0.2, -0.15) is 0 Å². The largest absolute Gasteiger partial charge is 0.478 e. The number of hydrogen-bond donors (Lipinski definition) is 2. The summed E-state index contributed by atoms with van der Waals surface area (Å²) < 4.78 is 0. The van der Waals surface area contributed by atoms with E-state index in [1.807, 2.05) is 0 Å². The van der Waals surface area contributed by atoms with Gasteiger partial charge in [-0.15, -0.1) is 11.3 Å². The molecular weight excluding hydrogens is 248 g/mol. The molecule has 0 aromatic carbocycles. The highest BCUT2D eigenvalue weighted by molar-refractivity contribution is 7.10. The van der Waals surface area contributed by atoms with Gasteiger partial charge in [-0.05, 0) is 38.7 Å². The summed E-state index contributed by atoms with van der Waals surface area (Å²) in [6.45, 7) is 9.40. The Labute approximate surface area is 113 Å². The Balaban J connectivity index is 2.15. The monoisotopic (exact) mass is 270 g/mol. The summed E-state index contributed by atoms with van der Waals surface area (Å²) in [6, 6.07) is 1.74. The second-order valence-corrected chi connectivity index (χ2v) is 5.16. The van der Waals surface area contributed by atoms with E-state index in [9.17, 15) is 4.79 Å². The van der Waals surface area contributed by atoms with Crippen molar-refractivity contribution >= 4 is 17.3 Å². The van der Waals surface area contributed by atoms with Crippen LogP contribution >= 0.6 is 11.3 Å². The molecule has 0 spiro atoms. The number of carboxylic acids is 1. The molecule has 0 atom stereocenters. The summed E-state index contributed by atoms with van der Waals surface area (Å²) in [5.41, 5.74) is 0.389. The highest BCUT2D eigenvalue weighted by Gasteiger charge is 2.05. The standard InChI is InChI=1S/C13H22N2O2S/c1-3-15(4-2)7-5-6-14-9-12-8-11(10-18-12)13(16)17/h8,10,14H,3-7,9H2,1-2H3,(H,16,17). The maximum atomic E-state index is 10.7. The summed E-state index contributed by atoms with van der Waals surface area (Å²) in [6.07, 6.45) is 1.12. The highest BCUT2D eigenvalue weighted by atomic mass is 32.1. The van der Waals surface area contributed by atoms with Crippen LogP contribution in [0.3, 0.4) is 0 Å². The second-order valence-electron chi connectivity index (χ2n) is 4.16. The molecule has 0 aliphatic heterocycles. The first-order chi connectivity index (χ1) is 8.67. The predicted molar refractivity (Wildman–Crippen MR) is 75.4 cm³/mol. The van der Waals surface area contributed by atoms with Gasteiger partial charge in [0.25, 0.3) is 0 Å². The first-order valence-electron chi connectivity index (χ1n) is 6.41. The lowest BCUT2D eigenvalue weighted by Crippen LogP contribution is -2.27. The van der Waals surface area contributed by atoms with Gasteiger partial charge in [0.2, 0.25) is 0 Å². The minimum atomic E-state index is -0.848. The molecule has 0 radical (unpaired) electrons. The number of aromatic carboxylic acids is 1. The van der Waals surface area contributed by atoms with Crippen LogP contribution in [0.2, 0.25) is 0 Å². The fraction of sp³-hybridized carbons (Fsp3) is 0.615. The van der Waals surface area contributed by atoms with Crippen molar-refractivity contribution in [1.82, 2.24) is 10.2 Å². The Morgan fingerprint density at radius 1 is 1.44 bits per heavy atom. The molecule has 4 nitrogen and oxygen atoms in total. The predicted octanol–water partition coefficient (Wildman–Crippen LogP) is 2.27. The van der Waals surface area contributed by atoms with E-state index in [4.69, 9.17) is 5.11 Å². The van der Waals surface area contributed by atoms with Crippen molar-refractivity contribution in [2.45, 2.75) is 26.8 Å². The number of nitrogens with one attached hydrogen (secondary N) is 1. The number of carboxylic acid groups (broad SMARTS) is 1. The Bertz CT molecular complexity index is 362. The molecule has 0 saturated heterocycles. The normalized spacial score (nSPS) is 11.1. The quantitative estimate of drug-likeness (QED) is 0.676. The second kappa shape index (κ2) is 8.24. The van der Waals surface area contributed by atoms with E-state index in [1.165, 1.54) is 11.3 Å². The van der Waals surface area contributed by atoms with E-state index in [2.05, 4.69) is 24.1 Å². The van der Waals surface area contributed by atoms with Gasteiger partial charge in [-0.1, -0.05) is 13.8 Å². The molecule has 102 valence electrons. The third-order valence-electron chi connectivity index (χ3n) is 2.92. The third kappa shape index (κ3) is 5.16. The molecule has 18 heavy (non-hydrogen) atoms. The van der Waals surface area contributed by atoms with Gasteiger partial charge in [-0.25, -0.2) is 4.79 Å². The molecule has 0 unspecified atom stereocenters. The Morgan fingerprint density at radius 3 is 2.72 bits per heavy atom. The fourth-order valence-electron chi connectivity index (χ4n) is 1.76. The zero-order chi connectivity index (χ0) is 13.4. The van der Waals surface area contributed by atoms with Crippen LogP contribution in [-0.4, -0.2) is 42.2 Å². The lowest BCUT2D eigenvalue weighted by atomic mass is 10.3. The zero-order valence-electron chi connectivity index (χ0n) is 11.1. The molecule has 1 aromatic rings. The number of thiophene rings is 1. The van der Waals surface area contributed by atoms with Crippen molar-refractivity contribution < 1.29 is 9.90 Å². The van der Waals surface area contributed by atoms with E-state index < -0.39 is 5.97 Å². The number of nitrogens with zero attached hydrogens (tertiary/aromatic N) is 1. The SMILES string of the molecule is CCN(CC)CCCNCc1cc(C(=O)O)cs1. The van der Waals surface area contributed by atoms with Gasteiger partial charge >= 0.3 is 5.97 Å². The summed E-state index contributed by atoms with van der Waals surface area (Å²) in [7, 11) is 0. The zero-order valence-corrected chi connectivity index (χ0v) is 11.9. The number of rotatable bonds is 9. The van der Waals surface area contributed by atoms with Crippen molar-refractivity contribution in [2.24, 2.45) is 0 Å². The average Bonchev–Trinajstić information content (AvgIpc) is 2.83. The molecule has 0 aliphatic carbocycles. The van der Waals surface area contributed by atoms with Gasteiger partial charge in [0.05, 0.1) is 5.56 Å². The smallest absolute Gasteiger partial charge is 0.336 e. The first-order valence-corrected chi connectivity index (χ1v) is 7.29. The van der Waals surface area contributed by atoms with Crippen LogP contribution in [-0.2, 0) is 6.54 Å². The van der Waals surface area contributed by atoms with Crippen LogP contribution in [0.25, 0.3) is 0 Å². The maximum absolute atomic E-state index is 10.7. The van der Waals surface area contributed by atoms with E-state index >= 15 is 0 Å². The first kappa shape index (κ1) is 15.1.